The van der Waals surface area contributed by atoms with Crippen molar-refractivity contribution in [2.24, 2.45) is 0 Å². The van der Waals surface area contributed by atoms with E-state index in [-0.39, 0.29) is 24.2 Å². The van der Waals surface area contributed by atoms with Crippen LogP contribution in [0.2, 0.25) is 0 Å². The Labute approximate surface area is 157 Å². The molecule has 1 unspecified atom stereocenters. The number of likely N-dealkylation sites (tertiary alicyclic amines) is 1. The molecule has 0 aliphatic carbocycles. The highest BCUT2D eigenvalue weighted by Gasteiger charge is 2.43. The Morgan fingerprint density at radius 3 is 2.81 bits per heavy atom. The summed E-state index contributed by atoms with van der Waals surface area (Å²) in [6, 6.07) is 7.17. The van der Waals surface area contributed by atoms with Crippen LogP contribution in [-0.2, 0) is 20.8 Å². The van der Waals surface area contributed by atoms with Crippen molar-refractivity contribution in [3.8, 4) is 0 Å². The van der Waals surface area contributed by atoms with Crippen LogP contribution in [0.3, 0.4) is 0 Å². The maximum Gasteiger partial charge on any atom is 0.420 e. The molecule has 0 saturated carbocycles. The van der Waals surface area contributed by atoms with Crippen molar-refractivity contribution >= 4 is 17.0 Å². The van der Waals surface area contributed by atoms with Crippen molar-refractivity contribution < 1.29 is 18.7 Å². The van der Waals surface area contributed by atoms with Crippen LogP contribution in [-0.4, -0.2) is 53.4 Å². The van der Waals surface area contributed by atoms with Crippen LogP contribution < -0.4 is 5.76 Å². The topological polar surface area (TPSA) is 73.9 Å². The van der Waals surface area contributed by atoms with Crippen LogP contribution in [0.25, 0.3) is 11.1 Å². The van der Waals surface area contributed by atoms with Crippen LogP contribution in [0.15, 0.2) is 33.5 Å². The van der Waals surface area contributed by atoms with E-state index in [1.54, 1.807) is 12.1 Å². The summed E-state index contributed by atoms with van der Waals surface area (Å²) in [4.78, 5) is 26.6. The van der Waals surface area contributed by atoms with Crippen molar-refractivity contribution in [3.05, 3.63) is 34.8 Å². The number of oxazole rings is 1. The second-order valence-electron chi connectivity index (χ2n) is 7.42. The third kappa shape index (κ3) is 3.66. The van der Waals surface area contributed by atoms with Gasteiger partial charge in [-0.15, -0.1) is 0 Å². The molecule has 7 nitrogen and oxygen atoms in total. The van der Waals surface area contributed by atoms with E-state index in [0.717, 1.165) is 25.7 Å². The first-order valence-electron chi connectivity index (χ1n) is 9.72. The van der Waals surface area contributed by atoms with Crippen molar-refractivity contribution in [2.45, 2.75) is 50.9 Å². The lowest BCUT2D eigenvalue weighted by Crippen LogP contribution is -2.48. The molecule has 1 amide bonds. The number of para-hydroxylation sites is 2. The minimum Gasteiger partial charge on any atom is -0.408 e. The molecule has 2 aromatic rings. The number of hydrogen-bond donors (Lipinski definition) is 0. The van der Waals surface area contributed by atoms with E-state index in [1.165, 1.54) is 4.57 Å². The SMILES string of the molecule is CCOCC1CCC2(CCN(C(=O)Cn3c(=O)oc4ccccc43)CC2)O1. The van der Waals surface area contributed by atoms with Crippen LogP contribution in [0.5, 0.6) is 0 Å². The number of fused-ring (bicyclic) bond motifs is 1. The minimum absolute atomic E-state index is 0.0106. The maximum absolute atomic E-state index is 12.7. The molecule has 146 valence electrons. The first kappa shape index (κ1) is 18.3. The summed E-state index contributed by atoms with van der Waals surface area (Å²) in [5.41, 5.74) is 1.05. The highest BCUT2D eigenvalue weighted by Crippen LogP contribution is 2.39. The van der Waals surface area contributed by atoms with Gasteiger partial charge in [0.1, 0.15) is 6.54 Å². The third-order valence-electron chi connectivity index (χ3n) is 5.74. The Kier molecular flexibility index (Phi) is 5.06. The van der Waals surface area contributed by atoms with Gasteiger partial charge in [-0.25, -0.2) is 4.79 Å². The lowest BCUT2D eigenvalue weighted by Gasteiger charge is -2.39. The van der Waals surface area contributed by atoms with E-state index in [2.05, 4.69) is 0 Å². The predicted octanol–water partition coefficient (Wildman–Crippen LogP) is 2.17. The number of aromatic nitrogens is 1. The summed E-state index contributed by atoms with van der Waals surface area (Å²) >= 11 is 0. The first-order chi connectivity index (χ1) is 13.1. The molecule has 2 saturated heterocycles. The number of nitrogens with zero attached hydrogens (tertiary/aromatic N) is 2. The fourth-order valence-electron chi connectivity index (χ4n) is 4.19. The Bertz CT molecular complexity index is 863. The van der Waals surface area contributed by atoms with E-state index >= 15 is 0 Å². The first-order valence-corrected chi connectivity index (χ1v) is 9.72. The highest BCUT2D eigenvalue weighted by atomic mass is 16.6. The van der Waals surface area contributed by atoms with Gasteiger partial charge in [0.25, 0.3) is 0 Å². The van der Waals surface area contributed by atoms with Crippen LogP contribution >= 0.6 is 0 Å². The number of ether oxygens (including phenoxy) is 2. The predicted molar refractivity (Wildman–Crippen MR) is 99.6 cm³/mol. The number of hydrogen-bond acceptors (Lipinski definition) is 5. The zero-order chi connectivity index (χ0) is 18.9. The number of piperidine rings is 1. The average Bonchev–Trinajstić information content (AvgIpc) is 3.22. The third-order valence-corrected chi connectivity index (χ3v) is 5.74. The van der Waals surface area contributed by atoms with Crippen molar-refractivity contribution in [2.75, 3.05) is 26.3 Å². The molecule has 1 aromatic carbocycles. The molecule has 2 fully saturated rings. The van der Waals surface area contributed by atoms with E-state index in [1.807, 2.05) is 24.0 Å². The molecule has 2 aliphatic rings. The fourth-order valence-corrected chi connectivity index (χ4v) is 4.19. The average molecular weight is 374 g/mol. The molecule has 0 bridgehead atoms. The molecule has 1 aromatic heterocycles. The number of rotatable bonds is 5. The van der Waals surface area contributed by atoms with Gasteiger partial charge < -0.3 is 18.8 Å². The fraction of sp³-hybridized carbons (Fsp3) is 0.600. The Hall–Kier alpha value is -2.12. The maximum atomic E-state index is 12.7. The Morgan fingerprint density at radius 1 is 1.26 bits per heavy atom. The molecule has 27 heavy (non-hydrogen) atoms. The Morgan fingerprint density at radius 2 is 2.04 bits per heavy atom. The molecule has 1 spiro atoms. The summed E-state index contributed by atoms with van der Waals surface area (Å²) in [7, 11) is 0. The van der Waals surface area contributed by atoms with E-state index < -0.39 is 5.76 Å². The van der Waals surface area contributed by atoms with Gasteiger partial charge in [-0.3, -0.25) is 9.36 Å². The lowest BCUT2D eigenvalue weighted by molar-refractivity contribution is -0.139. The number of amides is 1. The zero-order valence-corrected chi connectivity index (χ0v) is 15.7. The van der Waals surface area contributed by atoms with Crippen LogP contribution in [0, 0.1) is 0 Å². The molecule has 0 radical (unpaired) electrons. The van der Waals surface area contributed by atoms with Gasteiger partial charge >= 0.3 is 5.76 Å². The largest absolute Gasteiger partial charge is 0.420 e. The molecule has 2 aliphatic heterocycles. The molecule has 7 heteroatoms. The second-order valence-corrected chi connectivity index (χ2v) is 7.42. The van der Waals surface area contributed by atoms with Crippen LogP contribution in [0.1, 0.15) is 32.6 Å². The van der Waals surface area contributed by atoms with Crippen molar-refractivity contribution in [1.29, 1.82) is 0 Å². The molecule has 0 N–H and O–H groups in total. The van der Waals surface area contributed by atoms with Gasteiger partial charge in [-0.05, 0) is 44.7 Å². The standard InChI is InChI=1S/C20H26N2O5/c1-2-25-14-15-7-8-20(27-15)9-11-21(12-10-20)18(23)13-22-16-5-3-4-6-17(16)26-19(22)24/h3-6,15H,2,7-14H2,1H3. The molecular weight excluding hydrogens is 348 g/mol. The smallest absolute Gasteiger partial charge is 0.408 e. The van der Waals surface area contributed by atoms with Gasteiger partial charge in [0.2, 0.25) is 5.91 Å². The van der Waals surface area contributed by atoms with Gasteiger partial charge in [0.05, 0.1) is 23.8 Å². The monoisotopic (exact) mass is 374 g/mol. The quantitative estimate of drug-likeness (QED) is 0.802. The summed E-state index contributed by atoms with van der Waals surface area (Å²) in [5.74, 6) is -0.543. The van der Waals surface area contributed by atoms with Crippen molar-refractivity contribution in [3.63, 3.8) is 0 Å². The molecule has 3 heterocycles. The number of carbonyl (C=O) groups excluding carboxylic acids is 1. The van der Waals surface area contributed by atoms with Gasteiger partial charge in [-0.1, -0.05) is 12.1 Å². The van der Waals surface area contributed by atoms with Gasteiger partial charge in [-0.2, -0.15) is 0 Å². The number of carbonyl (C=O) groups is 1. The number of benzene rings is 1. The Balaban J connectivity index is 1.36. The highest BCUT2D eigenvalue weighted by molar-refractivity contribution is 5.79. The van der Waals surface area contributed by atoms with E-state index in [4.69, 9.17) is 13.9 Å². The van der Waals surface area contributed by atoms with E-state index in [0.29, 0.717) is 37.4 Å². The molecular formula is C20H26N2O5. The summed E-state index contributed by atoms with van der Waals surface area (Å²) in [6.07, 6.45) is 3.89. The summed E-state index contributed by atoms with van der Waals surface area (Å²) < 4.78 is 18.4. The van der Waals surface area contributed by atoms with Gasteiger partial charge in [0.15, 0.2) is 5.58 Å². The normalized spacial score (nSPS) is 22.0. The lowest BCUT2D eigenvalue weighted by atomic mass is 9.88. The second kappa shape index (κ2) is 7.48. The van der Waals surface area contributed by atoms with E-state index in [9.17, 15) is 9.59 Å². The summed E-state index contributed by atoms with van der Waals surface area (Å²) in [6.45, 7) is 4.67. The van der Waals surface area contributed by atoms with Gasteiger partial charge in [0, 0.05) is 19.7 Å². The minimum atomic E-state index is -0.490. The van der Waals surface area contributed by atoms with Crippen molar-refractivity contribution in [1.82, 2.24) is 9.47 Å². The zero-order valence-electron chi connectivity index (χ0n) is 15.7. The molecule has 4 rings (SSSR count). The summed E-state index contributed by atoms with van der Waals surface area (Å²) in [5, 5.41) is 0. The molecule has 1 atom stereocenters. The van der Waals surface area contributed by atoms with Crippen LogP contribution in [0.4, 0.5) is 0 Å².